The van der Waals surface area contributed by atoms with Gasteiger partial charge in [-0.1, -0.05) is 19.1 Å². The molecule has 0 atom stereocenters. The Morgan fingerprint density at radius 1 is 1.26 bits per heavy atom. The zero-order chi connectivity index (χ0) is 19.2. The third-order valence-corrected chi connectivity index (χ3v) is 6.12. The van der Waals surface area contributed by atoms with Crippen molar-refractivity contribution in [2.24, 2.45) is 5.41 Å². The number of aryl methyl sites for hydroxylation is 1. The maximum Gasteiger partial charge on any atom is 0.224 e. The molecular formula is C23H27FN2O. The molecule has 1 aliphatic carbocycles. The first-order valence-electron chi connectivity index (χ1n) is 9.77. The van der Waals surface area contributed by atoms with Crippen molar-refractivity contribution in [2.75, 3.05) is 16.8 Å². The molecule has 1 N–H and O–H groups in total. The molecule has 0 spiro atoms. The summed E-state index contributed by atoms with van der Waals surface area (Å²) in [6, 6.07) is 8.98. The number of carbonyl (C=O) groups excluding carboxylic acids is 1. The average molecular weight is 366 g/mol. The SMILES string of the molecule is Cc1cc2c(c(C)c1NC(=O)CC1(C)CC1)CCN(c1cccc(F)c1)C2. The Balaban J connectivity index is 1.56. The van der Waals surface area contributed by atoms with E-state index < -0.39 is 0 Å². The number of carbonyl (C=O) groups is 1. The van der Waals surface area contributed by atoms with Crippen LogP contribution in [0, 0.1) is 25.1 Å². The van der Waals surface area contributed by atoms with Crippen LogP contribution in [0.5, 0.6) is 0 Å². The summed E-state index contributed by atoms with van der Waals surface area (Å²) in [6.07, 6.45) is 3.81. The van der Waals surface area contributed by atoms with Crippen LogP contribution in [-0.2, 0) is 17.8 Å². The van der Waals surface area contributed by atoms with Crippen molar-refractivity contribution in [1.82, 2.24) is 0 Å². The molecule has 0 unspecified atom stereocenters. The lowest BCUT2D eigenvalue weighted by Crippen LogP contribution is -2.31. The molecule has 142 valence electrons. The predicted octanol–water partition coefficient (Wildman–Crippen LogP) is 5.13. The number of anilines is 2. The van der Waals surface area contributed by atoms with Crippen LogP contribution in [0.2, 0.25) is 0 Å². The number of amides is 1. The predicted molar refractivity (Wildman–Crippen MR) is 108 cm³/mol. The van der Waals surface area contributed by atoms with E-state index in [4.69, 9.17) is 0 Å². The summed E-state index contributed by atoms with van der Waals surface area (Å²) >= 11 is 0. The fourth-order valence-electron chi connectivity index (χ4n) is 4.18. The number of fused-ring (bicyclic) bond motifs is 1. The van der Waals surface area contributed by atoms with Crippen molar-refractivity contribution in [3.63, 3.8) is 0 Å². The highest BCUT2D eigenvalue weighted by molar-refractivity contribution is 5.93. The number of hydrogen-bond donors (Lipinski definition) is 1. The van der Waals surface area contributed by atoms with Gasteiger partial charge < -0.3 is 10.2 Å². The molecule has 1 heterocycles. The summed E-state index contributed by atoms with van der Waals surface area (Å²) in [5.41, 5.74) is 6.98. The Kier molecular flexibility index (Phi) is 4.45. The molecule has 3 nitrogen and oxygen atoms in total. The van der Waals surface area contributed by atoms with Crippen LogP contribution in [0.3, 0.4) is 0 Å². The van der Waals surface area contributed by atoms with Gasteiger partial charge in [0.2, 0.25) is 5.91 Å². The van der Waals surface area contributed by atoms with Crippen LogP contribution in [-0.4, -0.2) is 12.5 Å². The lowest BCUT2D eigenvalue weighted by atomic mass is 9.91. The van der Waals surface area contributed by atoms with E-state index in [1.165, 1.54) is 22.8 Å². The van der Waals surface area contributed by atoms with Crippen molar-refractivity contribution in [1.29, 1.82) is 0 Å². The average Bonchev–Trinajstić information content (AvgIpc) is 3.34. The van der Waals surface area contributed by atoms with Crippen molar-refractivity contribution in [3.8, 4) is 0 Å². The monoisotopic (exact) mass is 366 g/mol. The second-order valence-corrected chi connectivity index (χ2v) is 8.52. The third-order valence-electron chi connectivity index (χ3n) is 6.12. The molecule has 4 rings (SSSR count). The molecule has 0 bridgehead atoms. The van der Waals surface area contributed by atoms with Crippen LogP contribution in [0.1, 0.15) is 48.4 Å². The summed E-state index contributed by atoms with van der Waals surface area (Å²) < 4.78 is 13.6. The highest BCUT2D eigenvalue weighted by Gasteiger charge is 2.39. The van der Waals surface area contributed by atoms with Crippen molar-refractivity contribution in [3.05, 3.63) is 58.4 Å². The van der Waals surface area contributed by atoms with E-state index in [-0.39, 0.29) is 17.1 Å². The summed E-state index contributed by atoms with van der Waals surface area (Å²) in [6.45, 7) is 7.97. The Morgan fingerprint density at radius 2 is 2.04 bits per heavy atom. The number of halogens is 1. The van der Waals surface area contributed by atoms with E-state index >= 15 is 0 Å². The van der Waals surface area contributed by atoms with Crippen molar-refractivity contribution >= 4 is 17.3 Å². The Labute approximate surface area is 160 Å². The van der Waals surface area contributed by atoms with Gasteiger partial charge in [-0.3, -0.25) is 4.79 Å². The second-order valence-electron chi connectivity index (χ2n) is 8.52. The minimum Gasteiger partial charge on any atom is -0.367 e. The highest BCUT2D eigenvalue weighted by Crippen LogP contribution is 2.48. The van der Waals surface area contributed by atoms with Gasteiger partial charge in [-0.05, 0) is 79.0 Å². The first kappa shape index (κ1) is 18.0. The summed E-state index contributed by atoms with van der Waals surface area (Å²) in [5, 5.41) is 3.17. The summed E-state index contributed by atoms with van der Waals surface area (Å²) in [4.78, 5) is 14.7. The van der Waals surface area contributed by atoms with Crippen LogP contribution in [0.25, 0.3) is 0 Å². The summed E-state index contributed by atoms with van der Waals surface area (Å²) in [7, 11) is 0. The van der Waals surface area contributed by atoms with Gasteiger partial charge in [0.15, 0.2) is 0 Å². The Bertz CT molecular complexity index is 901. The molecular weight excluding hydrogens is 339 g/mol. The maximum atomic E-state index is 13.6. The van der Waals surface area contributed by atoms with Gasteiger partial charge in [0.25, 0.3) is 0 Å². The van der Waals surface area contributed by atoms with E-state index in [2.05, 4.69) is 37.1 Å². The standard InChI is InChI=1S/C23H27FN2O/c1-15-11-17-14-26(19-6-4-5-18(24)12-19)10-7-20(17)16(2)22(15)25-21(27)13-23(3)8-9-23/h4-6,11-12H,7-10,13-14H2,1-3H3,(H,25,27). The molecule has 1 amide bonds. The minimum atomic E-state index is -0.201. The zero-order valence-corrected chi connectivity index (χ0v) is 16.4. The second kappa shape index (κ2) is 6.66. The molecule has 2 aliphatic rings. The molecule has 0 aromatic heterocycles. The minimum absolute atomic E-state index is 0.123. The Hall–Kier alpha value is -2.36. The largest absolute Gasteiger partial charge is 0.367 e. The maximum absolute atomic E-state index is 13.6. The van der Waals surface area contributed by atoms with Gasteiger partial charge in [-0.2, -0.15) is 0 Å². The van der Waals surface area contributed by atoms with E-state index in [1.54, 1.807) is 12.1 Å². The van der Waals surface area contributed by atoms with Crippen LogP contribution in [0.4, 0.5) is 15.8 Å². The number of nitrogens with zero attached hydrogens (tertiary/aromatic N) is 1. The normalized spacial score (nSPS) is 17.4. The molecule has 0 saturated heterocycles. The van der Waals surface area contributed by atoms with Crippen molar-refractivity contribution < 1.29 is 9.18 Å². The number of nitrogens with one attached hydrogen (secondary N) is 1. The quantitative estimate of drug-likeness (QED) is 0.813. The zero-order valence-electron chi connectivity index (χ0n) is 16.4. The molecule has 27 heavy (non-hydrogen) atoms. The molecule has 0 radical (unpaired) electrons. The van der Waals surface area contributed by atoms with Gasteiger partial charge in [0, 0.05) is 30.9 Å². The fourth-order valence-corrected chi connectivity index (χ4v) is 4.18. The van der Waals surface area contributed by atoms with Crippen molar-refractivity contribution in [2.45, 2.75) is 53.0 Å². The number of benzene rings is 2. The summed E-state index contributed by atoms with van der Waals surface area (Å²) in [5.74, 6) is -0.0774. The molecule has 4 heteroatoms. The van der Waals surface area contributed by atoms with E-state index in [9.17, 15) is 9.18 Å². The number of hydrogen-bond acceptors (Lipinski definition) is 2. The lowest BCUT2D eigenvalue weighted by Gasteiger charge is -2.33. The topological polar surface area (TPSA) is 32.3 Å². The van der Waals surface area contributed by atoms with E-state index in [0.717, 1.165) is 49.3 Å². The van der Waals surface area contributed by atoms with Gasteiger partial charge >= 0.3 is 0 Å². The smallest absolute Gasteiger partial charge is 0.224 e. The van der Waals surface area contributed by atoms with E-state index in [0.29, 0.717) is 6.42 Å². The lowest BCUT2D eigenvalue weighted by molar-refractivity contribution is -0.117. The molecule has 1 aliphatic heterocycles. The van der Waals surface area contributed by atoms with Crippen LogP contribution in [0.15, 0.2) is 30.3 Å². The molecule has 1 saturated carbocycles. The number of rotatable bonds is 4. The first-order valence-corrected chi connectivity index (χ1v) is 9.77. The molecule has 2 aromatic carbocycles. The Morgan fingerprint density at radius 3 is 2.74 bits per heavy atom. The van der Waals surface area contributed by atoms with Gasteiger partial charge in [-0.25, -0.2) is 4.39 Å². The molecule has 1 fully saturated rings. The van der Waals surface area contributed by atoms with Crippen LogP contribution >= 0.6 is 0 Å². The van der Waals surface area contributed by atoms with Gasteiger partial charge in [-0.15, -0.1) is 0 Å². The fraction of sp³-hybridized carbons (Fsp3) is 0.435. The van der Waals surface area contributed by atoms with E-state index in [1.807, 2.05) is 6.07 Å². The molecule has 2 aromatic rings. The highest BCUT2D eigenvalue weighted by atomic mass is 19.1. The van der Waals surface area contributed by atoms with Crippen LogP contribution < -0.4 is 10.2 Å². The van der Waals surface area contributed by atoms with Gasteiger partial charge in [0.1, 0.15) is 5.82 Å². The third kappa shape index (κ3) is 3.71. The van der Waals surface area contributed by atoms with Gasteiger partial charge in [0.05, 0.1) is 0 Å². The first-order chi connectivity index (χ1) is 12.8.